The lowest BCUT2D eigenvalue weighted by molar-refractivity contribution is -0.135. The highest BCUT2D eigenvalue weighted by molar-refractivity contribution is 5.78. The van der Waals surface area contributed by atoms with Crippen LogP contribution in [0.4, 0.5) is 0 Å². The molecule has 23 heavy (non-hydrogen) atoms. The van der Waals surface area contributed by atoms with Gasteiger partial charge in [-0.25, -0.2) is 4.98 Å². The molecule has 0 aliphatic carbocycles. The van der Waals surface area contributed by atoms with E-state index >= 15 is 0 Å². The van der Waals surface area contributed by atoms with Crippen LogP contribution < -0.4 is 0 Å². The summed E-state index contributed by atoms with van der Waals surface area (Å²) in [5.74, 6) is 1.59. The number of likely N-dealkylation sites (tertiary alicyclic amines) is 1. The molecule has 1 saturated heterocycles. The van der Waals surface area contributed by atoms with E-state index < -0.39 is 0 Å². The Morgan fingerprint density at radius 3 is 2.65 bits per heavy atom. The summed E-state index contributed by atoms with van der Waals surface area (Å²) in [6.07, 6.45) is 1.90. The quantitative estimate of drug-likeness (QED) is 0.869. The van der Waals surface area contributed by atoms with Gasteiger partial charge in [0.05, 0.1) is 17.6 Å². The molecule has 0 bridgehead atoms. The van der Waals surface area contributed by atoms with E-state index in [1.807, 2.05) is 24.9 Å². The maximum absolute atomic E-state index is 12.3. The van der Waals surface area contributed by atoms with Gasteiger partial charge in [-0.2, -0.15) is 0 Å². The van der Waals surface area contributed by atoms with Crippen LogP contribution in [0.1, 0.15) is 25.6 Å². The third-order valence-electron chi connectivity index (χ3n) is 5.03. The molecule has 3 rings (SSSR count). The number of para-hydroxylation sites is 2. The Kier molecular flexibility index (Phi) is 4.66. The summed E-state index contributed by atoms with van der Waals surface area (Å²) < 4.78 is 2.18. The lowest BCUT2D eigenvalue weighted by Gasteiger charge is -2.32. The molecule has 0 saturated carbocycles. The number of benzene rings is 1. The highest BCUT2D eigenvalue weighted by Gasteiger charge is 2.27. The summed E-state index contributed by atoms with van der Waals surface area (Å²) in [6.45, 7) is 5.61. The van der Waals surface area contributed by atoms with Crippen LogP contribution in [0.5, 0.6) is 0 Å². The van der Waals surface area contributed by atoms with Crippen LogP contribution in [0.25, 0.3) is 11.0 Å². The molecule has 124 valence electrons. The minimum Gasteiger partial charge on any atom is -0.346 e. The molecule has 1 aromatic heterocycles. The monoisotopic (exact) mass is 314 g/mol. The third-order valence-corrected chi connectivity index (χ3v) is 5.03. The van der Waals surface area contributed by atoms with Gasteiger partial charge >= 0.3 is 0 Å². The largest absolute Gasteiger partial charge is 0.346 e. The summed E-state index contributed by atoms with van der Waals surface area (Å²) in [5, 5.41) is 0. The maximum Gasteiger partial charge on any atom is 0.225 e. The van der Waals surface area contributed by atoms with Gasteiger partial charge in [-0.15, -0.1) is 0 Å². The lowest BCUT2D eigenvalue weighted by Crippen LogP contribution is -2.41. The molecular weight excluding hydrogens is 288 g/mol. The Bertz CT molecular complexity index is 685. The first kappa shape index (κ1) is 16.0. The first-order chi connectivity index (χ1) is 11.1. The van der Waals surface area contributed by atoms with Gasteiger partial charge in [0.1, 0.15) is 5.82 Å². The highest BCUT2D eigenvalue weighted by atomic mass is 16.2. The van der Waals surface area contributed by atoms with Crippen LogP contribution in [0.2, 0.25) is 0 Å². The fourth-order valence-electron chi connectivity index (χ4n) is 3.34. The number of aromatic nitrogens is 2. The van der Waals surface area contributed by atoms with Crippen molar-refractivity contribution in [3.63, 3.8) is 0 Å². The van der Waals surface area contributed by atoms with E-state index in [4.69, 9.17) is 4.98 Å². The standard InChI is InChI=1S/C18H26N4O/c1-4-20(2)18(23)14-9-11-22(12-10-14)13-17-19-15-7-5-6-8-16(15)21(17)3/h5-8,14H,4,9-13H2,1-3H3. The summed E-state index contributed by atoms with van der Waals surface area (Å²) in [6, 6.07) is 8.25. The van der Waals surface area contributed by atoms with E-state index in [1.54, 1.807) is 0 Å². The van der Waals surface area contributed by atoms with E-state index in [1.165, 1.54) is 5.52 Å². The zero-order valence-corrected chi connectivity index (χ0v) is 14.3. The number of hydrogen-bond acceptors (Lipinski definition) is 3. The van der Waals surface area contributed by atoms with Gasteiger partial charge in [-0.1, -0.05) is 12.1 Å². The number of carbonyl (C=O) groups is 1. The predicted octanol–water partition coefficient (Wildman–Crippen LogP) is 2.26. The molecule has 1 aromatic carbocycles. The van der Waals surface area contributed by atoms with Crippen LogP contribution in [-0.2, 0) is 18.4 Å². The van der Waals surface area contributed by atoms with Crippen LogP contribution in [0.3, 0.4) is 0 Å². The number of aryl methyl sites for hydroxylation is 1. The SMILES string of the molecule is CCN(C)C(=O)C1CCN(Cc2nc3ccccc3n2C)CC1. The normalized spacial score (nSPS) is 16.8. The van der Waals surface area contributed by atoms with Gasteiger partial charge in [0.2, 0.25) is 5.91 Å². The Hall–Kier alpha value is -1.88. The molecule has 2 aromatic rings. The summed E-state index contributed by atoms with van der Waals surface area (Å²) in [5.41, 5.74) is 2.23. The zero-order valence-electron chi connectivity index (χ0n) is 14.3. The van der Waals surface area contributed by atoms with Gasteiger partial charge in [0.25, 0.3) is 0 Å². The Morgan fingerprint density at radius 1 is 1.30 bits per heavy atom. The second-order valence-electron chi connectivity index (χ2n) is 6.48. The number of hydrogen-bond donors (Lipinski definition) is 0. The number of imidazole rings is 1. The van der Waals surface area contributed by atoms with Crippen molar-refractivity contribution in [3.8, 4) is 0 Å². The van der Waals surface area contributed by atoms with Crippen molar-refractivity contribution >= 4 is 16.9 Å². The molecule has 0 radical (unpaired) electrons. The number of nitrogens with zero attached hydrogens (tertiary/aromatic N) is 4. The molecule has 0 atom stereocenters. The second-order valence-corrected chi connectivity index (χ2v) is 6.48. The van der Waals surface area contributed by atoms with E-state index in [2.05, 4.69) is 34.7 Å². The molecule has 2 heterocycles. The van der Waals surface area contributed by atoms with E-state index in [0.717, 1.165) is 50.4 Å². The Balaban J connectivity index is 1.62. The molecular formula is C18H26N4O. The third kappa shape index (κ3) is 3.24. The Labute approximate surface area is 137 Å². The zero-order chi connectivity index (χ0) is 16.4. The van der Waals surface area contributed by atoms with Crippen LogP contribution in [0.15, 0.2) is 24.3 Å². The van der Waals surface area contributed by atoms with Crippen molar-refractivity contribution in [2.45, 2.75) is 26.3 Å². The van der Waals surface area contributed by atoms with Crippen LogP contribution >= 0.6 is 0 Å². The summed E-state index contributed by atoms with van der Waals surface area (Å²) >= 11 is 0. The number of rotatable bonds is 4. The average Bonchev–Trinajstić information content (AvgIpc) is 2.90. The van der Waals surface area contributed by atoms with Gasteiger partial charge in [0, 0.05) is 26.6 Å². The lowest BCUT2D eigenvalue weighted by atomic mass is 9.95. The van der Waals surface area contributed by atoms with Gasteiger partial charge in [-0.05, 0) is 45.0 Å². The van der Waals surface area contributed by atoms with Crippen molar-refractivity contribution in [3.05, 3.63) is 30.1 Å². The smallest absolute Gasteiger partial charge is 0.225 e. The van der Waals surface area contributed by atoms with E-state index in [9.17, 15) is 4.79 Å². The molecule has 0 unspecified atom stereocenters. The van der Waals surface area contributed by atoms with Crippen molar-refractivity contribution < 1.29 is 4.79 Å². The van der Waals surface area contributed by atoms with E-state index in [-0.39, 0.29) is 5.92 Å². The predicted molar refractivity (Wildman–Crippen MR) is 92.0 cm³/mol. The topological polar surface area (TPSA) is 41.4 Å². The van der Waals surface area contributed by atoms with Gasteiger partial charge in [-0.3, -0.25) is 9.69 Å². The minimum atomic E-state index is 0.191. The molecule has 1 amide bonds. The summed E-state index contributed by atoms with van der Waals surface area (Å²) in [4.78, 5) is 21.3. The number of fused-ring (bicyclic) bond motifs is 1. The molecule has 1 aliphatic rings. The van der Waals surface area contributed by atoms with Crippen molar-refractivity contribution in [1.82, 2.24) is 19.4 Å². The van der Waals surface area contributed by atoms with Crippen molar-refractivity contribution in [2.75, 3.05) is 26.7 Å². The molecule has 5 nitrogen and oxygen atoms in total. The van der Waals surface area contributed by atoms with Crippen molar-refractivity contribution in [2.24, 2.45) is 13.0 Å². The van der Waals surface area contributed by atoms with Gasteiger partial charge < -0.3 is 9.47 Å². The molecule has 5 heteroatoms. The number of piperidine rings is 1. The van der Waals surface area contributed by atoms with Crippen molar-refractivity contribution in [1.29, 1.82) is 0 Å². The molecule has 1 fully saturated rings. The molecule has 1 aliphatic heterocycles. The fraction of sp³-hybridized carbons (Fsp3) is 0.556. The molecule has 0 N–H and O–H groups in total. The van der Waals surface area contributed by atoms with Crippen LogP contribution in [0, 0.1) is 5.92 Å². The first-order valence-corrected chi connectivity index (χ1v) is 8.47. The highest BCUT2D eigenvalue weighted by Crippen LogP contribution is 2.22. The van der Waals surface area contributed by atoms with E-state index in [0.29, 0.717) is 5.91 Å². The average molecular weight is 314 g/mol. The van der Waals surface area contributed by atoms with Gasteiger partial charge in [0.15, 0.2) is 0 Å². The fourth-order valence-corrected chi connectivity index (χ4v) is 3.34. The number of carbonyl (C=O) groups excluding carboxylic acids is 1. The maximum atomic E-state index is 12.3. The first-order valence-electron chi connectivity index (χ1n) is 8.47. The second kappa shape index (κ2) is 6.71. The summed E-state index contributed by atoms with van der Waals surface area (Å²) in [7, 11) is 3.98. The Morgan fingerprint density at radius 2 is 2.00 bits per heavy atom. The number of amides is 1. The minimum absolute atomic E-state index is 0.191. The van der Waals surface area contributed by atoms with Crippen LogP contribution in [-0.4, -0.2) is 51.9 Å². The molecule has 0 spiro atoms.